The maximum Gasteiger partial charge on any atom is 0.235 e. The van der Waals surface area contributed by atoms with Crippen LogP contribution in [0, 0.1) is 25.2 Å². The van der Waals surface area contributed by atoms with Crippen LogP contribution >= 0.6 is 0 Å². The van der Waals surface area contributed by atoms with Gasteiger partial charge in [0.05, 0.1) is 24.1 Å². The molecule has 0 saturated carbocycles. The fraction of sp³-hybridized carbons (Fsp3) is 0.385. The molecule has 82 valence electrons. The Bertz CT molecular complexity index is 499. The SMILES string of the molecule is Cc1ccc2c(c1C)N(C)C(=O)C2CC#N. The maximum absolute atomic E-state index is 12.0. The molecule has 0 aliphatic carbocycles. The standard InChI is InChI=1S/C13H14N2O/c1-8-4-5-10-11(6-7-14)13(16)15(3)12(10)9(8)2/h4-5,11H,6H2,1-3H3. The minimum Gasteiger partial charge on any atom is -0.314 e. The number of nitrogens with zero attached hydrogens (tertiary/aromatic N) is 2. The van der Waals surface area contributed by atoms with Gasteiger partial charge in [-0.1, -0.05) is 12.1 Å². The van der Waals surface area contributed by atoms with E-state index in [0.29, 0.717) is 0 Å². The molecule has 2 rings (SSSR count). The number of carbonyl (C=O) groups is 1. The second-order valence-electron chi connectivity index (χ2n) is 4.26. The fourth-order valence-corrected chi connectivity index (χ4v) is 2.31. The van der Waals surface area contributed by atoms with Crippen LogP contribution in [0.5, 0.6) is 0 Å². The van der Waals surface area contributed by atoms with Crippen LogP contribution in [0.1, 0.15) is 29.0 Å². The van der Waals surface area contributed by atoms with Gasteiger partial charge in [-0.2, -0.15) is 5.26 Å². The zero-order valence-corrected chi connectivity index (χ0v) is 9.74. The zero-order valence-electron chi connectivity index (χ0n) is 9.74. The first-order valence-corrected chi connectivity index (χ1v) is 5.32. The van der Waals surface area contributed by atoms with Gasteiger partial charge in [-0.25, -0.2) is 0 Å². The number of fused-ring (bicyclic) bond motifs is 1. The minimum atomic E-state index is -0.274. The molecular weight excluding hydrogens is 200 g/mol. The van der Waals surface area contributed by atoms with Crippen molar-refractivity contribution in [1.82, 2.24) is 0 Å². The average Bonchev–Trinajstić information content (AvgIpc) is 2.50. The predicted molar refractivity (Wildman–Crippen MR) is 62.3 cm³/mol. The van der Waals surface area contributed by atoms with E-state index in [0.717, 1.165) is 16.8 Å². The molecule has 1 heterocycles. The second kappa shape index (κ2) is 3.64. The Balaban J connectivity index is 2.61. The van der Waals surface area contributed by atoms with Gasteiger partial charge in [0.2, 0.25) is 5.91 Å². The number of rotatable bonds is 1. The molecule has 1 aliphatic heterocycles. The Morgan fingerprint density at radius 3 is 2.75 bits per heavy atom. The van der Waals surface area contributed by atoms with Crippen molar-refractivity contribution in [3.05, 3.63) is 28.8 Å². The molecule has 16 heavy (non-hydrogen) atoms. The van der Waals surface area contributed by atoms with Gasteiger partial charge in [0.25, 0.3) is 0 Å². The third-order valence-corrected chi connectivity index (χ3v) is 3.37. The molecule has 0 radical (unpaired) electrons. The lowest BCUT2D eigenvalue weighted by Crippen LogP contribution is -2.24. The van der Waals surface area contributed by atoms with E-state index in [1.54, 1.807) is 11.9 Å². The molecular formula is C13H14N2O. The Morgan fingerprint density at radius 2 is 2.12 bits per heavy atom. The first kappa shape index (κ1) is 10.7. The van der Waals surface area contributed by atoms with E-state index >= 15 is 0 Å². The van der Waals surface area contributed by atoms with E-state index in [-0.39, 0.29) is 18.2 Å². The molecule has 0 spiro atoms. The van der Waals surface area contributed by atoms with E-state index < -0.39 is 0 Å². The number of hydrogen-bond acceptors (Lipinski definition) is 2. The lowest BCUT2D eigenvalue weighted by atomic mass is 9.95. The number of anilines is 1. The average molecular weight is 214 g/mol. The van der Waals surface area contributed by atoms with Crippen molar-refractivity contribution in [1.29, 1.82) is 5.26 Å². The van der Waals surface area contributed by atoms with Crippen LogP contribution in [0.2, 0.25) is 0 Å². The van der Waals surface area contributed by atoms with Crippen LogP contribution in [0.25, 0.3) is 0 Å². The molecule has 0 bridgehead atoms. The van der Waals surface area contributed by atoms with Gasteiger partial charge in [0.15, 0.2) is 0 Å². The molecule has 3 nitrogen and oxygen atoms in total. The Morgan fingerprint density at radius 1 is 1.44 bits per heavy atom. The van der Waals surface area contributed by atoms with Crippen molar-refractivity contribution < 1.29 is 4.79 Å². The molecule has 1 atom stereocenters. The molecule has 1 aromatic carbocycles. The van der Waals surface area contributed by atoms with E-state index in [1.807, 2.05) is 26.0 Å². The van der Waals surface area contributed by atoms with Gasteiger partial charge < -0.3 is 4.90 Å². The van der Waals surface area contributed by atoms with Gasteiger partial charge in [0.1, 0.15) is 0 Å². The van der Waals surface area contributed by atoms with Gasteiger partial charge >= 0.3 is 0 Å². The smallest absolute Gasteiger partial charge is 0.235 e. The lowest BCUT2D eigenvalue weighted by molar-refractivity contribution is -0.118. The highest BCUT2D eigenvalue weighted by Crippen LogP contribution is 2.41. The molecule has 3 heteroatoms. The zero-order chi connectivity index (χ0) is 11.9. The van der Waals surface area contributed by atoms with Crippen LogP contribution in [0.3, 0.4) is 0 Å². The Labute approximate surface area is 95.3 Å². The summed E-state index contributed by atoms with van der Waals surface area (Å²) in [7, 11) is 1.78. The highest BCUT2D eigenvalue weighted by Gasteiger charge is 2.36. The summed E-state index contributed by atoms with van der Waals surface area (Å²) in [6.45, 7) is 4.05. The van der Waals surface area contributed by atoms with Crippen LogP contribution in [0.4, 0.5) is 5.69 Å². The number of amides is 1. The molecule has 1 unspecified atom stereocenters. The summed E-state index contributed by atoms with van der Waals surface area (Å²) in [6.07, 6.45) is 0.263. The molecule has 0 fully saturated rings. The number of likely N-dealkylation sites (N-methyl/N-ethyl adjacent to an activating group) is 1. The third-order valence-electron chi connectivity index (χ3n) is 3.37. The van der Waals surface area contributed by atoms with E-state index in [2.05, 4.69) is 6.07 Å². The first-order valence-electron chi connectivity index (χ1n) is 5.32. The van der Waals surface area contributed by atoms with Crippen LogP contribution in [-0.4, -0.2) is 13.0 Å². The van der Waals surface area contributed by atoms with E-state index in [4.69, 9.17) is 5.26 Å². The van der Waals surface area contributed by atoms with Crippen LogP contribution < -0.4 is 4.90 Å². The molecule has 0 N–H and O–H groups in total. The normalized spacial score (nSPS) is 18.5. The highest BCUT2D eigenvalue weighted by molar-refractivity contribution is 6.05. The van der Waals surface area contributed by atoms with Crippen molar-refractivity contribution in [2.24, 2.45) is 0 Å². The van der Waals surface area contributed by atoms with Crippen molar-refractivity contribution in [3.63, 3.8) is 0 Å². The fourth-order valence-electron chi connectivity index (χ4n) is 2.31. The van der Waals surface area contributed by atoms with Crippen molar-refractivity contribution in [3.8, 4) is 6.07 Å². The molecule has 1 aromatic rings. The third kappa shape index (κ3) is 1.30. The Kier molecular flexibility index (Phi) is 2.43. The second-order valence-corrected chi connectivity index (χ2v) is 4.26. The number of hydrogen-bond donors (Lipinski definition) is 0. The largest absolute Gasteiger partial charge is 0.314 e. The number of nitriles is 1. The van der Waals surface area contributed by atoms with Gasteiger partial charge in [-0.3, -0.25) is 4.79 Å². The quantitative estimate of drug-likeness (QED) is 0.719. The van der Waals surface area contributed by atoms with E-state index in [1.165, 1.54) is 5.56 Å². The highest BCUT2D eigenvalue weighted by atomic mass is 16.2. The lowest BCUT2D eigenvalue weighted by Gasteiger charge is -2.14. The molecule has 1 aliphatic rings. The van der Waals surface area contributed by atoms with Crippen molar-refractivity contribution >= 4 is 11.6 Å². The Hall–Kier alpha value is -1.82. The monoisotopic (exact) mass is 214 g/mol. The number of benzene rings is 1. The predicted octanol–water partition coefficient (Wildman–Crippen LogP) is 2.28. The van der Waals surface area contributed by atoms with Crippen molar-refractivity contribution in [2.45, 2.75) is 26.2 Å². The summed E-state index contributed by atoms with van der Waals surface area (Å²) < 4.78 is 0. The van der Waals surface area contributed by atoms with Gasteiger partial charge in [-0.15, -0.1) is 0 Å². The summed E-state index contributed by atoms with van der Waals surface area (Å²) in [6, 6.07) is 6.08. The summed E-state index contributed by atoms with van der Waals surface area (Å²) in [5, 5.41) is 8.76. The summed E-state index contributed by atoms with van der Waals surface area (Å²) >= 11 is 0. The number of aryl methyl sites for hydroxylation is 1. The first-order chi connectivity index (χ1) is 7.57. The minimum absolute atomic E-state index is 0.0326. The van der Waals surface area contributed by atoms with E-state index in [9.17, 15) is 4.79 Å². The molecule has 0 aromatic heterocycles. The van der Waals surface area contributed by atoms with Crippen LogP contribution in [-0.2, 0) is 4.79 Å². The summed E-state index contributed by atoms with van der Waals surface area (Å²) in [4.78, 5) is 13.7. The van der Waals surface area contributed by atoms with Gasteiger partial charge in [0, 0.05) is 7.05 Å². The van der Waals surface area contributed by atoms with Crippen LogP contribution in [0.15, 0.2) is 12.1 Å². The molecule has 0 saturated heterocycles. The number of carbonyl (C=O) groups excluding carboxylic acids is 1. The van der Waals surface area contributed by atoms with Crippen molar-refractivity contribution in [2.75, 3.05) is 11.9 Å². The molecule has 1 amide bonds. The summed E-state index contributed by atoms with van der Waals surface area (Å²) in [5.74, 6) is -0.241. The topological polar surface area (TPSA) is 44.1 Å². The van der Waals surface area contributed by atoms with Gasteiger partial charge in [-0.05, 0) is 30.5 Å². The summed E-state index contributed by atoms with van der Waals surface area (Å²) in [5.41, 5.74) is 4.30. The maximum atomic E-state index is 12.0.